The fourth-order valence-electron chi connectivity index (χ4n) is 2.48. The summed E-state index contributed by atoms with van der Waals surface area (Å²) in [5, 5.41) is 12.6. The zero-order valence-corrected chi connectivity index (χ0v) is 15.0. The number of nitriles is 1. The predicted octanol–water partition coefficient (Wildman–Crippen LogP) is 4.88. The second-order valence-electron chi connectivity index (χ2n) is 6.00. The van der Waals surface area contributed by atoms with Gasteiger partial charge in [-0.1, -0.05) is 17.7 Å². The minimum Gasteiger partial charge on any atom is -0.349 e. The largest absolute Gasteiger partial charge is 0.349 e. The summed E-state index contributed by atoms with van der Waals surface area (Å²) in [6.45, 7) is 8.03. The molecule has 0 unspecified atom stereocenters. The summed E-state index contributed by atoms with van der Waals surface area (Å²) in [5.74, 6) is -0.446. The quantitative estimate of drug-likeness (QED) is 0.636. The van der Waals surface area contributed by atoms with E-state index in [1.807, 2.05) is 38.2 Å². The lowest BCUT2D eigenvalue weighted by atomic mass is 10.1. The normalized spacial score (nSPS) is 11.5. The van der Waals surface area contributed by atoms with Crippen LogP contribution in [0.1, 0.15) is 36.7 Å². The van der Waals surface area contributed by atoms with E-state index in [4.69, 9.17) is 11.6 Å². The first-order chi connectivity index (χ1) is 11.3. The van der Waals surface area contributed by atoms with Gasteiger partial charge < -0.3 is 9.88 Å². The Bertz CT molecular complexity index is 841. The lowest BCUT2D eigenvalue weighted by Gasteiger charge is -2.09. The van der Waals surface area contributed by atoms with E-state index in [1.54, 1.807) is 18.2 Å². The number of carbonyl (C=O) groups excluding carboxylic acids is 1. The number of halogens is 1. The zero-order chi connectivity index (χ0) is 17.9. The summed E-state index contributed by atoms with van der Waals surface area (Å²) in [6.07, 6.45) is 3.54. The van der Waals surface area contributed by atoms with E-state index < -0.39 is 5.91 Å². The Morgan fingerprint density at radius 3 is 2.62 bits per heavy atom. The summed E-state index contributed by atoms with van der Waals surface area (Å²) >= 11 is 5.96. The molecule has 0 fully saturated rings. The van der Waals surface area contributed by atoms with Crippen LogP contribution in [0.25, 0.3) is 6.08 Å². The van der Waals surface area contributed by atoms with Crippen molar-refractivity contribution in [2.75, 3.05) is 5.32 Å². The van der Waals surface area contributed by atoms with Crippen molar-refractivity contribution >= 4 is 29.3 Å². The molecule has 1 aromatic heterocycles. The highest BCUT2D eigenvalue weighted by molar-refractivity contribution is 6.31. The summed E-state index contributed by atoms with van der Waals surface area (Å²) < 4.78 is 2.10. The Kier molecular flexibility index (Phi) is 5.48. The standard InChI is InChI=1S/C19H20ClN3O/c1-12(2)23-11-15(7-14(23)4)8-16(10-21)19(24)22-18-9-17(20)6-5-13(18)3/h5-9,11-12H,1-4H3,(H,22,24)/b16-8+. The van der Waals surface area contributed by atoms with Gasteiger partial charge in [0.05, 0.1) is 0 Å². The van der Waals surface area contributed by atoms with E-state index in [1.165, 1.54) is 0 Å². The number of amides is 1. The van der Waals surface area contributed by atoms with Crippen LogP contribution in [0.2, 0.25) is 5.02 Å². The van der Waals surface area contributed by atoms with Crippen LogP contribution >= 0.6 is 11.6 Å². The number of benzene rings is 1. The van der Waals surface area contributed by atoms with Gasteiger partial charge in [0.15, 0.2) is 0 Å². The number of rotatable bonds is 4. The van der Waals surface area contributed by atoms with Crippen molar-refractivity contribution in [2.24, 2.45) is 0 Å². The molecule has 24 heavy (non-hydrogen) atoms. The minimum atomic E-state index is -0.446. The number of hydrogen-bond acceptors (Lipinski definition) is 2. The fourth-order valence-corrected chi connectivity index (χ4v) is 2.66. The third kappa shape index (κ3) is 4.06. The molecule has 0 atom stereocenters. The van der Waals surface area contributed by atoms with E-state index in [0.717, 1.165) is 16.8 Å². The summed E-state index contributed by atoms with van der Waals surface area (Å²) in [6, 6.07) is 9.49. The summed E-state index contributed by atoms with van der Waals surface area (Å²) in [4.78, 5) is 12.4. The van der Waals surface area contributed by atoms with Crippen LogP contribution in [0.4, 0.5) is 5.69 Å². The molecule has 0 saturated carbocycles. The van der Waals surface area contributed by atoms with Gasteiger partial charge >= 0.3 is 0 Å². The highest BCUT2D eigenvalue weighted by Crippen LogP contribution is 2.21. The minimum absolute atomic E-state index is 0.0512. The molecule has 1 aromatic carbocycles. The Morgan fingerprint density at radius 1 is 1.33 bits per heavy atom. The number of aromatic nitrogens is 1. The Labute approximate surface area is 147 Å². The fraction of sp³-hybridized carbons (Fsp3) is 0.263. The average Bonchev–Trinajstić information content (AvgIpc) is 2.89. The molecule has 0 aliphatic heterocycles. The second-order valence-corrected chi connectivity index (χ2v) is 6.44. The van der Waals surface area contributed by atoms with E-state index in [-0.39, 0.29) is 5.57 Å². The van der Waals surface area contributed by atoms with E-state index in [2.05, 4.69) is 23.7 Å². The molecule has 1 N–H and O–H groups in total. The molecule has 0 aliphatic rings. The monoisotopic (exact) mass is 341 g/mol. The molecule has 0 saturated heterocycles. The third-order valence-electron chi connectivity index (χ3n) is 3.75. The molecule has 124 valence electrons. The van der Waals surface area contributed by atoms with Crippen molar-refractivity contribution in [2.45, 2.75) is 33.7 Å². The SMILES string of the molecule is Cc1ccc(Cl)cc1NC(=O)/C(C#N)=C/c1cc(C)n(C(C)C)c1. The second kappa shape index (κ2) is 7.37. The number of hydrogen-bond donors (Lipinski definition) is 1. The van der Waals surface area contributed by atoms with Gasteiger partial charge in [-0.15, -0.1) is 0 Å². The maximum absolute atomic E-state index is 12.4. The van der Waals surface area contributed by atoms with Gasteiger partial charge in [0.25, 0.3) is 5.91 Å². The Hall–Kier alpha value is -2.51. The smallest absolute Gasteiger partial charge is 0.266 e. The van der Waals surface area contributed by atoms with Crippen molar-refractivity contribution in [1.29, 1.82) is 5.26 Å². The first kappa shape index (κ1) is 17.8. The van der Waals surface area contributed by atoms with Crippen LogP contribution < -0.4 is 5.32 Å². The van der Waals surface area contributed by atoms with E-state index in [9.17, 15) is 10.1 Å². The number of anilines is 1. The van der Waals surface area contributed by atoms with Crippen LogP contribution in [0.15, 0.2) is 36.0 Å². The van der Waals surface area contributed by atoms with E-state index >= 15 is 0 Å². The van der Waals surface area contributed by atoms with Crippen LogP contribution in [0.5, 0.6) is 0 Å². The molecule has 1 amide bonds. The number of carbonyl (C=O) groups is 1. The van der Waals surface area contributed by atoms with Crippen LogP contribution in [0.3, 0.4) is 0 Å². The molecule has 5 heteroatoms. The van der Waals surface area contributed by atoms with Crippen LogP contribution in [-0.2, 0) is 4.79 Å². The number of nitrogens with zero attached hydrogens (tertiary/aromatic N) is 2. The van der Waals surface area contributed by atoms with Gasteiger partial charge in [0, 0.05) is 28.6 Å². The maximum atomic E-state index is 12.4. The molecule has 0 radical (unpaired) electrons. The van der Waals surface area contributed by atoms with Crippen LogP contribution in [-0.4, -0.2) is 10.5 Å². The molecule has 0 aliphatic carbocycles. The summed E-state index contributed by atoms with van der Waals surface area (Å²) in [7, 11) is 0. The summed E-state index contributed by atoms with van der Waals surface area (Å²) in [5.41, 5.74) is 3.45. The predicted molar refractivity (Wildman–Crippen MR) is 98.0 cm³/mol. The first-order valence-corrected chi connectivity index (χ1v) is 8.07. The molecule has 4 nitrogen and oxygen atoms in total. The average molecular weight is 342 g/mol. The maximum Gasteiger partial charge on any atom is 0.266 e. The Morgan fingerprint density at radius 2 is 2.04 bits per heavy atom. The van der Waals surface area contributed by atoms with Crippen molar-refractivity contribution in [3.05, 3.63) is 57.9 Å². The van der Waals surface area contributed by atoms with Crippen molar-refractivity contribution in [3.63, 3.8) is 0 Å². The van der Waals surface area contributed by atoms with Gasteiger partial charge in [0.2, 0.25) is 0 Å². The molecule has 1 heterocycles. The molecule has 2 aromatic rings. The molecular formula is C19H20ClN3O. The first-order valence-electron chi connectivity index (χ1n) is 7.69. The lowest BCUT2D eigenvalue weighted by molar-refractivity contribution is -0.112. The van der Waals surface area contributed by atoms with Gasteiger partial charge in [-0.05, 0) is 63.1 Å². The van der Waals surface area contributed by atoms with Crippen molar-refractivity contribution < 1.29 is 4.79 Å². The van der Waals surface area contributed by atoms with Crippen molar-refractivity contribution in [3.8, 4) is 6.07 Å². The van der Waals surface area contributed by atoms with Gasteiger partial charge in [-0.25, -0.2) is 0 Å². The van der Waals surface area contributed by atoms with Gasteiger partial charge in [-0.2, -0.15) is 5.26 Å². The van der Waals surface area contributed by atoms with Crippen molar-refractivity contribution in [1.82, 2.24) is 4.57 Å². The molecule has 2 rings (SSSR count). The molecular weight excluding hydrogens is 322 g/mol. The number of nitrogens with one attached hydrogen (secondary N) is 1. The zero-order valence-electron chi connectivity index (χ0n) is 14.2. The number of aryl methyl sites for hydroxylation is 2. The third-order valence-corrected chi connectivity index (χ3v) is 3.99. The molecule has 0 bridgehead atoms. The highest BCUT2D eigenvalue weighted by Gasteiger charge is 2.12. The topological polar surface area (TPSA) is 57.8 Å². The lowest BCUT2D eigenvalue weighted by Crippen LogP contribution is -2.14. The van der Waals surface area contributed by atoms with Crippen LogP contribution in [0, 0.1) is 25.2 Å². The highest BCUT2D eigenvalue weighted by atomic mass is 35.5. The van der Waals surface area contributed by atoms with Gasteiger partial charge in [0.1, 0.15) is 11.6 Å². The Balaban J connectivity index is 2.27. The molecule has 0 spiro atoms. The van der Waals surface area contributed by atoms with E-state index in [0.29, 0.717) is 16.8 Å². The van der Waals surface area contributed by atoms with Gasteiger partial charge in [-0.3, -0.25) is 4.79 Å².